The van der Waals surface area contributed by atoms with Crippen LogP contribution in [0.15, 0.2) is 64.0 Å². The predicted molar refractivity (Wildman–Crippen MR) is 98.8 cm³/mol. The van der Waals surface area contributed by atoms with Crippen LogP contribution < -0.4 is 0 Å². The first-order valence-corrected chi connectivity index (χ1v) is 9.09. The SMILES string of the molecule is CN(C)C(=O)[C@H](OC(=O)CSc1ccc(Br)cc1)c1ccccc1. The third-order valence-corrected chi connectivity index (χ3v) is 4.70. The minimum Gasteiger partial charge on any atom is -0.447 e. The van der Waals surface area contributed by atoms with Gasteiger partial charge >= 0.3 is 5.97 Å². The molecule has 2 aromatic rings. The maximum absolute atomic E-state index is 12.3. The van der Waals surface area contributed by atoms with Gasteiger partial charge in [-0.2, -0.15) is 0 Å². The van der Waals surface area contributed by atoms with Crippen LogP contribution in [0.2, 0.25) is 0 Å². The molecule has 0 radical (unpaired) electrons. The number of halogens is 1. The Labute approximate surface area is 154 Å². The molecule has 1 atom stereocenters. The van der Waals surface area contributed by atoms with Gasteiger partial charge in [0.2, 0.25) is 6.10 Å². The number of amides is 1. The van der Waals surface area contributed by atoms with Crippen molar-refractivity contribution in [2.75, 3.05) is 19.8 Å². The minimum atomic E-state index is -0.917. The number of hydrogen-bond donors (Lipinski definition) is 0. The van der Waals surface area contributed by atoms with Gasteiger partial charge in [-0.05, 0) is 24.3 Å². The number of rotatable bonds is 6. The molecule has 0 aliphatic rings. The van der Waals surface area contributed by atoms with E-state index in [0.29, 0.717) is 5.56 Å². The summed E-state index contributed by atoms with van der Waals surface area (Å²) in [6.07, 6.45) is -0.917. The molecule has 0 fully saturated rings. The van der Waals surface area contributed by atoms with E-state index in [4.69, 9.17) is 4.74 Å². The topological polar surface area (TPSA) is 46.6 Å². The van der Waals surface area contributed by atoms with E-state index in [1.165, 1.54) is 16.7 Å². The second-order valence-corrected chi connectivity index (χ2v) is 7.22. The van der Waals surface area contributed by atoms with E-state index in [2.05, 4.69) is 15.9 Å². The predicted octanol–water partition coefficient (Wildman–Crippen LogP) is 3.91. The maximum atomic E-state index is 12.3. The lowest BCUT2D eigenvalue weighted by Crippen LogP contribution is -2.31. The number of nitrogens with zero attached hydrogens (tertiary/aromatic N) is 1. The fourth-order valence-electron chi connectivity index (χ4n) is 1.96. The molecule has 1 amide bonds. The highest BCUT2D eigenvalue weighted by molar-refractivity contribution is 9.10. The van der Waals surface area contributed by atoms with Gasteiger partial charge < -0.3 is 9.64 Å². The molecular formula is C18H18BrNO3S. The molecule has 126 valence electrons. The molecule has 0 heterocycles. The smallest absolute Gasteiger partial charge is 0.317 e. The fourth-order valence-corrected chi connectivity index (χ4v) is 2.91. The standard InChI is InChI=1S/C18H18BrNO3S/c1-20(2)18(22)17(13-6-4-3-5-7-13)23-16(21)12-24-15-10-8-14(19)9-11-15/h3-11,17H,12H2,1-2H3/t17-/m1/s1. The summed E-state index contributed by atoms with van der Waals surface area (Å²) in [5, 5.41) is 0. The number of esters is 1. The molecule has 0 bridgehead atoms. The summed E-state index contributed by atoms with van der Waals surface area (Å²) in [6, 6.07) is 16.7. The van der Waals surface area contributed by atoms with Crippen molar-refractivity contribution in [2.45, 2.75) is 11.0 Å². The molecular weight excluding hydrogens is 390 g/mol. The molecule has 4 nitrogen and oxygen atoms in total. The van der Waals surface area contributed by atoms with E-state index < -0.39 is 12.1 Å². The van der Waals surface area contributed by atoms with Crippen LogP contribution in [0.1, 0.15) is 11.7 Å². The first-order valence-electron chi connectivity index (χ1n) is 7.31. The number of carbonyl (C=O) groups excluding carboxylic acids is 2. The van der Waals surface area contributed by atoms with Gasteiger partial charge in [-0.25, -0.2) is 0 Å². The molecule has 0 aliphatic carbocycles. The lowest BCUT2D eigenvalue weighted by atomic mass is 10.1. The summed E-state index contributed by atoms with van der Waals surface area (Å²) in [7, 11) is 3.28. The average molecular weight is 408 g/mol. The van der Waals surface area contributed by atoms with E-state index in [9.17, 15) is 9.59 Å². The number of likely N-dealkylation sites (N-methyl/N-ethyl adjacent to an activating group) is 1. The number of ether oxygens (including phenoxy) is 1. The quantitative estimate of drug-likeness (QED) is 0.537. The molecule has 0 N–H and O–H groups in total. The lowest BCUT2D eigenvalue weighted by molar-refractivity contribution is -0.157. The fraction of sp³-hybridized carbons (Fsp3) is 0.222. The van der Waals surface area contributed by atoms with E-state index in [1.807, 2.05) is 42.5 Å². The van der Waals surface area contributed by atoms with Crippen molar-refractivity contribution in [3.05, 3.63) is 64.6 Å². The summed E-state index contributed by atoms with van der Waals surface area (Å²) < 4.78 is 6.43. The highest BCUT2D eigenvalue weighted by Gasteiger charge is 2.26. The molecule has 0 aromatic heterocycles. The third kappa shape index (κ3) is 5.39. The molecule has 2 rings (SSSR count). The van der Waals surface area contributed by atoms with Crippen molar-refractivity contribution in [1.82, 2.24) is 4.90 Å². The second kappa shape index (κ2) is 8.89. The van der Waals surface area contributed by atoms with Crippen molar-refractivity contribution >= 4 is 39.6 Å². The van der Waals surface area contributed by atoms with Crippen LogP contribution >= 0.6 is 27.7 Å². The van der Waals surface area contributed by atoms with Gasteiger partial charge in [-0.15, -0.1) is 11.8 Å². The highest BCUT2D eigenvalue weighted by Crippen LogP contribution is 2.23. The summed E-state index contributed by atoms with van der Waals surface area (Å²) >= 11 is 4.74. The normalized spacial score (nSPS) is 11.6. The van der Waals surface area contributed by atoms with Crippen LogP contribution in [-0.2, 0) is 14.3 Å². The second-order valence-electron chi connectivity index (χ2n) is 5.26. The van der Waals surface area contributed by atoms with Gasteiger partial charge in [-0.3, -0.25) is 9.59 Å². The molecule has 24 heavy (non-hydrogen) atoms. The Balaban J connectivity index is 2.02. The molecule has 0 saturated heterocycles. The molecule has 2 aromatic carbocycles. The average Bonchev–Trinajstić information content (AvgIpc) is 2.59. The molecule has 0 saturated carbocycles. The zero-order valence-electron chi connectivity index (χ0n) is 13.4. The third-order valence-electron chi connectivity index (χ3n) is 3.19. The monoisotopic (exact) mass is 407 g/mol. The van der Waals surface area contributed by atoms with Crippen LogP contribution in [-0.4, -0.2) is 36.6 Å². The van der Waals surface area contributed by atoms with E-state index in [-0.39, 0.29) is 11.7 Å². The molecule has 0 aliphatic heterocycles. The van der Waals surface area contributed by atoms with E-state index in [1.54, 1.807) is 26.2 Å². The Morgan fingerprint density at radius 2 is 1.71 bits per heavy atom. The largest absolute Gasteiger partial charge is 0.447 e. The van der Waals surface area contributed by atoms with Gasteiger partial charge in [0, 0.05) is 29.0 Å². The minimum absolute atomic E-state index is 0.145. The summed E-state index contributed by atoms with van der Waals surface area (Å²) in [6.45, 7) is 0. The first-order chi connectivity index (χ1) is 11.5. The van der Waals surface area contributed by atoms with Gasteiger partial charge in [0.25, 0.3) is 5.91 Å². The van der Waals surface area contributed by atoms with Gasteiger partial charge in [0.15, 0.2) is 0 Å². The van der Waals surface area contributed by atoms with Crippen LogP contribution in [0.25, 0.3) is 0 Å². The lowest BCUT2D eigenvalue weighted by Gasteiger charge is -2.21. The Kier molecular flexibility index (Phi) is 6.87. The van der Waals surface area contributed by atoms with Gasteiger partial charge in [-0.1, -0.05) is 46.3 Å². The number of hydrogen-bond acceptors (Lipinski definition) is 4. The van der Waals surface area contributed by atoms with Crippen LogP contribution in [0.4, 0.5) is 0 Å². The van der Waals surface area contributed by atoms with Crippen molar-refractivity contribution < 1.29 is 14.3 Å². The van der Waals surface area contributed by atoms with E-state index >= 15 is 0 Å². The van der Waals surface area contributed by atoms with Crippen LogP contribution in [0.3, 0.4) is 0 Å². The zero-order chi connectivity index (χ0) is 17.5. The Morgan fingerprint density at radius 1 is 1.08 bits per heavy atom. The van der Waals surface area contributed by atoms with Crippen molar-refractivity contribution in [2.24, 2.45) is 0 Å². The zero-order valence-corrected chi connectivity index (χ0v) is 15.8. The summed E-state index contributed by atoms with van der Waals surface area (Å²) in [5.41, 5.74) is 0.665. The van der Waals surface area contributed by atoms with Crippen molar-refractivity contribution in [3.8, 4) is 0 Å². The Bertz CT molecular complexity index is 689. The molecule has 6 heteroatoms. The molecule has 0 unspecified atom stereocenters. The van der Waals surface area contributed by atoms with Crippen molar-refractivity contribution in [1.29, 1.82) is 0 Å². The maximum Gasteiger partial charge on any atom is 0.317 e. The number of thioether (sulfide) groups is 1. The number of benzene rings is 2. The highest BCUT2D eigenvalue weighted by atomic mass is 79.9. The Hall–Kier alpha value is -1.79. The van der Waals surface area contributed by atoms with Crippen molar-refractivity contribution in [3.63, 3.8) is 0 Å². The van der Waals surface area contributed by atoms with Gasteiger partial charge in [0.1, 0.15) is 0 Å². The summed E-state index contributed by atoms with van der Waals surface area (Å²) in [5.74, 6) is -0.541. The Morgan fingerprint density at radius 3 is 2.29 bits per heavy atom. The first kappa shape index (κ1) is 18.5. The molecule has 0 spiro atoms. The van der Waals surface area contributed by atoms with E-state index in [0.717, 1.165) is 9.37 Å². The van der Waals surface area contributed by atoms with Gasteiger partial charge in [0.05, 0.1) is 5.75 Å². The van der Waals surface area contributed by atoms with Crippen LogP contribution in [0, 0.1) is 0 Å². The number of carbonyl (C=O) groups is 2. The van der Waals surface area contributed by atoms with Crippen LogP contribution in [0.5, 0.6) is 0 Å². The summed E-state index contributed by atoms with van der Waals surface area (Å²) in [4.78, 5) is 26.9.